The van der Waals surface area contributed by atoms with Crippen LogP contribution >= 0.6 is 0 Å². The number of nitrogens with one attached hydrogen (secondary N) is 1. The highest BCUT2D eigenvalue weighted by Crippen LogP contribution is 1.98. The monoisotopic (exact) mass is 206 g/mol. The van der Waals surface area contributed by atoms with Crippen molar-refractivity contribution >= 4 is 5.91 Å². The predicted molar refractivity (Wildman–Crippen MR) is 61.4 cm³/mol. The van der Waals surface area contributed by atoms with Crippen LogP contribution in [0, 0.1) is 0 Å². The second kappa shape index (κ2) is 5.51. The highest BCUT2D eigenvalue weighted by Gasteiger charge is 2.13. The number of hydrogen-bond donors (Lipinski definition) is 1. The van der Waals surface area contributed by atoms with Crippen LogP contribution in [0.5, 0.6) is 0 Å². The van der Waals surface area contributed by atoms with Gasteiger partial charge in [-0.15, -0.1) is 0 Å². The summed E-state index contributed by atoms with van der Waals surface area (Å²) >= 11 is 0. The number of hydrogen-bond acceptors (Lipinski definition) is 2. The van der Waals surface area contributed by atoms with Gasteiger partial charge in [-0.2, -0.15) is 0 Å². The van der Waals surface area contributed by atoms with Crippen molar-refractivity contribution in [1.82, 2.24) is 10.2 Å². The Morgan fingerprint density at radius 1 is 1.33 bits per heavy atom. The summed E-state index contributed by atoms with van der Waals surface area (Å²) in [5.41, 5.74) is 1.12. The minimum atomic E-state index is -0.0892. The molecule has 1 rings (SSSR count). The lowest BCUT2D eigenvalue weighted by atomic mass is 10.2. The number of carbonyl (C=O) groups excluding carboxylic acids is 1. The summed E-state index contributed by atoms with van der Waals surface area (Å²) in [5.74, 6) is 0.0591. The standard InChI is InChI=1S/C12H18N2O/c1-10(14(2)3)12(15)13-9-11-7-5-4-6-8-11/h4-8,10H,9H2,1-3H3,(H,13,15)/t10-/m0/s1. The van der Waals surface area contributed by atoms with Crippen molar-refractivity contribution < 1.29 is 4.79 Å². The number of amides is 1. The van der Waals surface area contributed by atoms with E-state index in [2.05, 4.69) is 5.32 Å². The summed E-state index contributed by atoms with van der Waals surface area (Å²) in [6.07, 6.45) is 0. The van der Waals surface area contributed by atoms with E-state index in [1.165, 1.54) is 0 Å². The van der Waals surface area contributed by atoms with Crippen LogP contribution in [0.25, 0.3) is 0 Å². The Kier molecular flexibility index (Phi) is 4.31. The van der Waals surface area contributed by atoms with E-state index in [1.807, 2.05) is 56.3 Å². The Morgan fingerprint density at radius 2 is 1.93 bits per heavy atom. The third kappa shape index (κ3) is 3.72. The maximum Gasteiger partial charge on any atom is 0.237 e. The first kappa shape index (κ1) is 11.7. The normalized spacial score (nSPS) is 12.5. The van der Waals surface area contributed by atoms with Gasteiger partial charge < -0.3 is 5.32 Å². The van der Waals surface area contributed by atoms with Gasteiger partial charge >= 0.3 is 0 Å². The van der Waals surface area contributed by atoms with Crippen molar-refractivity contribution in [1.29, 1.82) is 0 Å². The van der Waals surface area contributed by atoms with E-state index in [1.54, 1.807) is 0 Å². The Labute approximate surface area is 91.1 Å². The van der Waals surface area contributed by atoms with Crippen molar-refractivity contribution in [3.05, 3.63) is 35.9 Å². The second-order valence-corrected chi connectivity index (χ2v) is 3.84. The van der Waals surface area contributed by atoms with Crippen LogP contribution in [0.3, 0.4) is 0 Å². The Bertz CT molecular complexity index is 309. The summed E-state index contributed by atoms with van der Waals surface area (Å²) in [6, 6.07) is 9.82. The van der Waals surface area contributed by atoms with E-state index in [-0.39, 0.29) is 11.9 Å². The van der Waals surface area contributed by atoms with Gasteiger partial charge in [0.05, 0.1) is 6.04 Å². The van der Waals surface area contributed by atoms with E-state index in [0.717, 1.165) is 5.56 Å². The number of carbonyl (C=O) groups is 1. The molecule has 0 heterocycles. The van der Waals surface area contributed by atoms with Gasteiger partial charge in [0, 0.05) is 6.54 Å². The van der Waals surface area contributed by atoms with Crippen LogP contribution in [0.1, 0.15) is 12.5 Å². The average molecular weight is 206 g/mol. The van der Waals surface area contributed by atoms with Gasteiger partial charge in [-0.25, -0.2) is 0 Å². The molecule has 15 heavy (non-hydrogen) atoms. The molecule has 0 unspecified atom stereocenters. The van der Waals surface area contributed by atoms with Crippen LogP contribution < -0.4 is 5.32 Å². The fourth-order valence-corrected chi connectivity index (χ4v) is 1.17. The van der Waals surface area contributed by atoms with Crippen LogP contribution in [0.4, 0.5) is 0 Å². The Morgan fingerprint density at radius 3 is 2.47 bits per heavy atom. The molecule has 3 nitrogen and oxygen atoms in total. The van der Waals surface area contributed by atoms with Gasteiger partial charge in [0.1, 0.15) is 0 Å². The highest BCUT2D eigenvalue weighted by atomic mass is 16.2. The second-order valence-electron chi connectivity index (χ2n) is 3.84. The average Bonchev–Trinajstić information content (AvgIpc) is 2.26. The Hall–Kier alpha value is -1.35. The van der Waals surface area contributed by atoms with Crippen molar-refractivity contribution in [2.75, 3.05) is 14.1 Å². The van der Waals surface area contributed by atoms with Gasteiger partial charge in [0.2, 0.25) is 5.91 Å². The molecule has 1 atom stereocenters. The summed E-state index contributed by atoms with van der Waals surface area (Å²) in [7, 11) is 3.79. The molecule has 1 aromatic rings. The van der Waals surface area contributed by atoms with Crippen LogP contribution in [0.2, 0.25) is 0 Å². The first-order valence-electron chi connectivity index (χ1n) is 5.09. The van der Waals surface area contributed by atoms with Crippen LogP contribution in [-0.4, -0.2) is 30.9 Å². The zero-order chi connectivity index (χ0) is 11.3. The molecule has 0 aliphatic carbocycles. The van der Waals surface area contributed by atoms with E-state index in [0.29, 0.717) is 6.54 Å². The lowest BCUT2D eigenvalue weighted by Gasteiger charge is -2.18. The molecule has 0 saturated heterocycles. The maximum absolute atomic E-state index is 11.6. The minimum absolute atomic E-state index is 0.0591. The van der Waals surface area contributed by atoms with Crippen molar-refractivity contribution in [3.63, 3.8) is 0 Å². The van der Waals surface area contributed by atoms with E-state index >= 15 is 0 Å². The molecule has 0 aliphatic rings. The molecule has 0 aromatic heterocycles. The zero-order valence-corrected chi connectivity index (χ0v) is 9.53. The van der Waals surface area contributed by atoms with Gasteiger partial charge in [-0.1, -0.05) is 30.3 Å². The molecule has 0 fully saturated rings. The molecule has 0 saturated carbocycles. The molecule has 1 aromatic carbocycles. The molecule has 0 bridgehead atoms. The fourth-order valence-electron chi connectivity index (χ4n) is 1.17. The first-order chi connectivity index (χ1) is 7.11. The van der Waals surface area contributed by atoms with Crippen molar-refractivity contribution in [2.24, 2.45) is 0 Å². The molecular weight excluding hydrogens is 188 g/mol. The summed E-state index contributed by atoms with van der Waals surface area (Å²) in [4.78, 5) is 13.5. The fraction of sp³-hybridized carbons (Fsp3) is 0.417. The summed E-state index contributed by atoms with van der Waals surface area (Å²) in [5, 5.41) is 2.90. The third-order valence-corrected chi connectivity index (χ3v) is 2.46. The molecule has 3 heteroatoms. The third-order valence-electron chi connectivity index (χ3n) is 2.46. The summed E-state index contributed by atoms with van der Waals surface area (Å²) in [6.45, 7) is 2.48. The SMILES string of the molecule is C[C@@H](C(=O)NCc1ccccc1)N(C)C. The van der Waals surface area contributed by atoms with Crippen molar-refractivity contribution in [2.45, 2.75) is 19.5 Å². The van der Waals surface area contributed by atoms with E-state index in [4.69, 9.17) is 0 Å². The summed E-state index contributed by atoms with van der Waals surface area (Å²) < 4.78 is 0. The molecule has 0 spiro atoms. The van der Waals surface area contributed by atoms with Gasteiger partial charge in [0.15, 0.2) is 0 Å². The maximum atomic E-state index is 11.6. The lowest BCUT2D eigenvalue weighted by molar-refractivity contribution is -0.125. The quantitative estimate of drug-likeness (QED) is 0.804. The molecule has 1 N–H and O–H groups in total. The van der Waals surface area contributed by atoms with Crippen molar-refractivity contribution in [3.8, 4) is 0 Å². The smallest absolute Gasteiger partial charge is 0.237 e. The molecule has 0 radical (unpaired) electrons. The molecule has 1 amide bonds. The molecule has 82 valence electrons. The first-order valence-corrected chi connectivity index (χ1v) is 5.09. The number of rotatable bonds is 4. The number of nitrogens with zero attached hydrogens (tertiary/aromatic N) is 1. The minimum Gasteiger partial charge on any atom is -0.351 e. The Balaban J connectivity index is 2.41. The molecule has 0 aliphatic heterocycles. The van der Waals surface area contributed by atoms with Gasteiger partial charge in [-0.3, -0.25) is 9.69 Å². The highest BCUT2D eigenvalue weighted by molar-refractivity contribution is 5.81. The van der Waals surface area contributed by atoms with Gasteiger partial charge in [0.25, 0.3) is 0 Å². The topological polar surface area (TPSA) is 32.3 Å². The number of benzene rings is 1. The van der Waals surface area contributed by atoms with Gasteiger partial charge in [-0.05, 0) is 26.6 Å². The lowest BCUT2D eigenvalue weighted by Crippen LogP contribution is -2.41. The van der Waals surface area contributed by atoms with Crippen LogP contribution in [-0.2, 0) is 11.3 Å². The number of likely N-dealkylation sites (N-methyl/N-ethyl adjacent to an activating group) is 1. The van der Waals surface area contributed by atoms with E-state index < -0.39 is 0 Å². The molecular formula is C12H18N2O. The van der Waals surface area contributed by atoms with Crippen LogP contribution in [0.15, 0.2) is 30.3 Å². The predicted octanol–water partition coefficient (Wildman–Crippen LogP) is 1.25. The largest absolute Gasteiger partial charge is 0.351 e. The zero-order valence-electron chi connectivity index (χ0n) is 9.53. The van der Waals surface area contributed by atoms with E-state index in [9.17, 15) is 4.79 Å².